The molecule has 2 N–H and O–H groups in total. The molecule has 8 heavy (non-hydrogen) atoms. The van der Waals surface area contributed by atoms with Gasteiger partial charge in [-0.05, 0) is 6.92 Å². The summed E-state index contributed by atoms with van der Waals surface area (Å²) in [6, 6.07) is 1.96. The maximum atomic E-state index is 8.02. The summed E-state index contributed by atoms with van der Waals surface area (Å²) in [7, 11) is 0. The molecule has 3 nitrogen and oxygen atoms in total. The second-order valence-corrected chi connectivity index (χ2v) is 1.43. The normalized spacial score (nSPS) is 10.8. The van der Waals surface area contributed by atoms with Gasteiger partial charge in [-0.25, -0.2) is 0 Å². The highest BCUT2D eigenvalue weighted by Gasteiger charge is 1.78. The van der Waals surface area contributed by atoms with Crippen LogP contribution in [-0.4, -0.2) is 12.4 Å². The number of rotatable bonds is 2. The zero-order valence-electron chi connectivity index (χ0n) is 4.89. The van der Waals surface area contributed by atoms with Crippen molar-refractivity contribution in [1.82, 2.24) is 0 Å². The van der Waals surface area contributed by atoms with E-state index in [2.05, 4.69) is 4.99 Å². The Bertz CT molecular complexity index is 116. The van der Waals surface area contributed by atoms with Gasteiger partial charge in [0.2, 0.25) is 0 Å². The smallest absolute Gasteiger partial charge is 0.0906 e. The first kappa shape index (κ1) is 6.96. The van der Waals surface area contributed by atoms with E-state index in [1.807, 2.05) is 6.07 Å². The highest BCUT2D eigenvalue weighted by molar-refractivity contribution is 5.77. The van der Waals surface area contributed by atoms with E-state index in [9.17, 15) is 0 Å². The summed E-state index contributed by atoms with van der Waals surface area (Å²) < 4.78 is 0. The van der Waals surface area contributed by atoms with Crippen molar-refractivity contribution >= 4 is 5.84 Å². The van der Waals surface area contributed by atoms with Crippen molar-refractivity contribution in [2.45, 2.75) is 13.3 Å². The fraction of sp³-hybridized carbons (Fsp3) is 0.600. The minimum atomic E-state index is 0.453. The Morgan fingerprint density at radius 2 is 2.50 bits per heavy atom. The molecule has 0 atom stereocenters. The summed E-state index contributed by atoms with van der Waals surface area (Å²) in [5.41, 5.74) is 5.17. The molecule has 0 aliphatic rings. The molecule has 0 saturated heterocycles. The first-order valence-electron chi connectivity index (χ1n) is 2.41. The molecular weight excluding hydrogens is 102 g/mol. The third-order valence-corrected chi connectivity index (χ3v) is 0.585. The van der Waals surface area contributed by atoms with Gasteiger partial charge in [-0.3, -0.25) is 4.99 Å². The Morgan fingerprint density at radius 1 is 1.88 bits per heavy atom. The molecule has 0 fully saturated rings. The van der Waals surface area contributed by atoms with Gasteiger partial charge in [0.05, 0.1) is 24.9 Å². The molecule has 0 radical (unpaired) electrons. The number of hydrogen-bond donors (Lipinski definition) is 1. The first-order valence-corrected chi connectivity index (χ1v) is 2.41. The number of nitrogens with zero attached hydrogens (tertiary/aromatic N) is 2. The van der Waals surface area contributed by atoms with Gasteiger partial charge >= 0.3 is 0 Å². The zero-order valence-corrected chi connectivity index (χ0v) is 4.89. The van der Waals surface area contributed by atoms with Crippen LogP contribution in [0.15, 0.2) is 4.99 Å². The molecule has 0 aromatic carbocycles. The van der Waals surface area contributed by atoms with Gasteiger partial charge in [-0.15, -0.1) is 0 Å². The van der Waals surface area contributed by atoms with Crippen molar-refractivity contribution in [3.05, 3.63) is 0 Å². The summed E-state index contributed by atoms with van der Waals surface area (Å²) >= 11 is 0. The summed E-state index contributed by atoms with van der Waals surface area (Å²) in [6.45, 7) is 2.23. The Labute approximate surface area is 48.8 Å². The minimum absolute atomic E-state index is 0.453. The van der Waals surface area contributed by atoms with Crippen LogP contribution < -0.4 is 5.73 Å². The van der Waals surface area contributed by atoms with Crippen LogP contribution in [0.1, 0.15) is 13.3 Å². The summed E-state index contributed by atoms with van der Waals surface area (Å²) in [4.78, 5) is 3.79. The molecule has 0 unspecified atom stereocenters. The lowest BCUT2D eigenvalue weighted by Gasteiger charge is -1.85. The standard InChI is InChI=1S/C5H9N3/c1-5(7)8-4-2-3-6/h2,4H2,1H3,(H2,7,8). The summed E-state index contributed by atoms with van der Waals surface area (Å²) in [5, 5.41) is 8.02. The van der Waals surface area contributed by atoms with Gasteiger partial charge in [-0.2, -0.15) is 5.26 Å². The third-order valence-electron chi connectivity index (χ3n) is 0.585. The molecule has 0 aliphatic carbocycles. The second kappa shape index (κ2) is 4.13. The van der Waals surface area contributed by atoms with Crippen LogP contribution in [0.25, 0.3) is 0 Å². The van der Waals surface area contributed by atoms with Gasteiger partial charge in [0.1, 0.15) is 0 Å². The Hall–Kier alpha value is -1.04. The maximum absolute atomic E-state index is 8.02. The van der Waals surface area contributed by atoms with Crippen LogP contribution in [0.4, 0.5) is 0 Å². The van der Waals surface area contributed by atoms with E-state index < -0.39 is 0 Å². The highest BCUT2D eigenvalue weighted by atomic mass is 14.8. The van der Waals surface area contributed by atoms with E-state index in [0.29, 0.717) is 18.8 Å². The molecular formula is C5H9N3. The predicted molar refractivity (Wildman–Crippen MR) is 32.4 cm³/mol. The number of nitrogens with two attached hydrogens (primary N) is 1. The van der Waals surface area contributed by atoms with Crippen LogP contribution in [0.5, 0.6) is 0 Å². The zero-order chi connectivity index (χ0) is 6.41. The number of hydrogen-bond acceptors (Lipinski definition) is 2. The van der Waals surface area contributed by atoms with Crippen molar-refractivity contribution in [2.24, 2.45) is 10.7 Å². The van der Waals surface area contributed by atoms with Gasteiger partial charge in [0.25, 0.3) is 0 Å². The van der Waals surface area contributed by atoms with Crippen molar-refractivity contribution in [3.8, 4) is 6.07 Å². The van der Waals surface area contributed by atoms with E-state index >= 15 is 0 Å². The van der Waals surface area contributed by atoms with E-state index in [1.165, 1.54) is 0 Å². The molecule has 0 heterocycles. The molecule has 0 aromatic heterocycles. The topological polar surface area (TPSA) is 62.2 Å². The predicted octanol–water partition coefficient (Wildman–Crippen LogP) is 0.277. The highest BCUT2D eigenvalue weighted by Crippen LogP contribution is 1.75. The van der Waals surface area contributed by atoms with Crippen molar-refractivity contribution in [1.29, 1.82) is 5.26 Å². The number of amidine groups is 1. The van der Waals surface area contributed by atoms with Crippen molar-refractivity contribution in [2.75, 3.05) is 6.54 Å². The molecule has 0 rings (SSSR count). The van der Waals surface area contributed by atoms with E-state index in [1.54, 1.807) is 6.92 Å². The first-order chi connectivity index (χ1) is 3.77. The van der Waals surface area contributed by atoms with Crippen molar-refractivity contribution < 1.29 is 0 Å². The fourth-order valence-electron chi connectivity index (χ4n) is 0.282. The average Bonchev–Trinajstić information content (AvgIpc) is 1.66. The fourth-order valence-corrected chi connectivity index (χ4v) is 0.282. The number of aliphatic imine (C=N–C) groups is 1. The molecule has 0 saturated carbocycles. The summed E-state index contributed by atoms with van der Waals surface area (Å²) in [6.07, 6.45) is 0.453. The Balaban J connectivity index is 3.20. The van der Waals surface area contributed by atoms with E-state index in [4.69, 9.17) is 11.0 Å². The lowest BCUT2D eigenvalue weighted by Crippen LogP contribution is -2.05. The summed E-state index contributed by atoms with van der Waals surface area (Å²) in [5.74, 6) is 0.542. The molecule has 0 aromatic rings. The number of nitriles is 1. The molecule has 0 amide bonds. The molecule has 44 valence electrons. The quantitative estimate of drug-likeness (QED) is 0.316. The maximum Gasteiger partial charge on any atom is 0.0906 e. The van der Waals surface area contributed by atoms with Gasteiger partial charge in [0, 0.05) is 0 Å². The van der Waals surface area contributed by atoms with Gasteiger partial charge in [0.15, 0.2) is 0 Å². The Morgan fingerprint density at radius 3 is 2.88 bits per heavy atom. The van der Waals surface area contributed by atoms with E-state index in [0.717, 1.165) is 0 Å². The van der Waals surface area contributed by atoms with Crippen LogP contribution in [0, 0.1) is 11.3 Å². The van der Waals surface area contributed by atoms with Gasteiger partial charge in [-0.1, -0.05) is 0 Å². The van der Waals surface area contributed by atoms with Crippen LogP contribution in [0.3, 0.4) is 0 Å². The third kappa shape index (κ3) is 4.96. The average molecular weight is 111 g/mol. The second-order valence-electron chi connectivity index (χ2n) is 1.43. The van der Waals surface area contributed by atoms with Crippen LogP contribution in [-0.2, 0) is 0 Å². The lowest BCUT2D eigenvalue weighted by molar-refractivity contribution is 1.01. The molecule has 3 heteroatoms. The van der Waals surface area contributed by atoms with Gasteiger partial charge < -0.3 is 5.73 Å². The molecule has 0 bridgehead atoms. The van der Waals surface area contributed by atoms with Crippen LogP contribution >= 0.6 is 0 Å². The SMILES string of the molecule is CC(N)=NCCC#N. The minimum Gasteiger partial charge on any atom is -0.388 e. The lowest BCUT2D eigenvalue weighted by atomic mass is 10.5. The monoisotopic (exact) mass is 111 g/mol. The van der Waals surface area contributed by atoms with Crippen molar-refractivity contribution in [3.63, 3.8) is 0 Å². The molecule has 0 spiro atoms. The molecule has 0 aliphatic heterocycles. The largest absolute Gasteiger partial charge is 0.388 e. The van der Waals surface area contributed by atoms with Crippen LogP contribution in [0.2, 0.25) is 0 Å². The van der Waals surface area contributed by atoms with E-state index in [-0.39, 0.29) is 0 Å². The Kier molecular flexibility index (Phi) is 3.59.